The molecule has 0 heterocycles. The largest absolute Gasteiger partial charge is 0.746 e. The van der Waals surface area contributed by atoms with Gasteiger partial charge in [0.25, 0.3) is 5.91 Å². The molecule has 0 aromatic carbocycles. The Morgan fingerprint density at radius 1 is 0.829 bits per heavy atom. The van der Waals surface area contributed by atoms with Crippen LogP contribution in [-0.2, 0) is 19.7 Å². The number of quaternary nitrogens is 1. The molecule has 0 bridgehead atoms. The molecule has 0 rings (SSSR count). The van der Waals surface area contributed by atoms with Gasteiger partial charge in [0.15, 0.2) is 5.37 Å². The highest BCUT2D eigenvalue weighted by Gasteiger charge is 2.24. The lowest BCUT2D eigenvalue weighted by Gasteiger charge is -2.39. The van der Waals surface area contributed by atoms with E-state index in [2.05, 4.69) is 44.9 Å². The summed E-state index contributed by atoms with van der Waals surface area (Å²) in [5.41, 5.74) is 5.26. The van der Waals surface area contributed by atoms with Crippen molar-refractivity contribution in [1.29, 1.82) is 0 Å². The van der Waals surface area contributed by atoms with E-state index in [1.165, 1.54) is 82.0 Å². The van der Waals surface area contributed by atoms with Gasteiger partial charge in [0.1, 0.15) is 10.1 Å². The van der Waals surface area contributed by atoms with E-state index in [1.54, 1.807) is 6.92 Å². The van der Waals surface area contributed by atoms with Gasteiger partial charge >= 0.3 is 0 Å². The van der Waals surface area contributed by atoms with Gasteiger partial charge in [-0.25, -0.2) is 8.42 Å². The molecular formula is C25H52N4O5S. The quantitative estimate of drug-likeness (QED) is 0.103. The fourth-order valence-corrected chi connectivity index (χ4v) is 3.87. The molecule has 2 amide bonds. The minimum Gasteiger partial charge on any atom is -0.746 e. The standard InChI is InChI=1S/C16H36N.C9H17N3O5S/c1-5-9-13-17(14-10-6-2,15-11-7-3)16-12-8-4;1-6(2)8(13)11-4-3-5-12-9(14)7(10)18(15,16)17/h5-16H2,1-4H3;7H,1,3-5,10H2,2H3,(H,11,13)(H,12,14)(H,15,16,17)/q+1;/p-1. The van der Waals surface area contributed by atoms with Gasteiger partial charge in [-0.1, -0.05) is 60.0 Å². The van der Waals surface area contributed by atoms with Crippen LogP contribution in [0.2, 0.25) is 0 Å². The summed E-state index contributed by atoms with van der Waals surface area (Å²) in [6.07, 6.45) is 11.4. The Balaban J connectivity index is 0. The zero-order valence-electron chi connectivity index (χ0n) is 22.9. The van der Waals surface area contributed by atoms with E-state index in [0.29, 0.717) is 12.0 Å². The number of hydrogen-bond acceptors (Lipinski definition) is 6. The van der Waals surface area contributed by atoms with Crippen molar-refractivity contribution in [3.63, 3.8) is 0 Å². The fourth-order valence-electron chi connectivity index (χ4n) is 3.53. The van der Waals surface area contributed by atoms with Crippen molar-refractivity contribution < 1.29 is 27.0 Å². The lowest BCUT2D eigenvalue weighted by molar-refractivity contribution is -0.929. The van der Waals surface area contributed by atoms with Crippen molar-refractivity contribution in [1.82, 2.24) is 10.6 Å². The van der Waals surface area contributed by atoms with Crippen molar-refractivity contribution in [2.45, 2.75) is 97.8 Å². The lowest BCUT2D eigenvalue weighted by atomic mass is 10.1. The van der Waals surface area contributed by atoms with E-state index >= 15 is 0 Å². The predicted octanol–water partition coefficient (Wildman–Crippen LogP) is 3.02. The molecule has 0 aliphatic heterocycles. The number of nitrogens with one attached hydrogen (secondary N) is 2. The zero-order valence-corrected chi connectivity index (χ0v) is 23.7. The summed E-state index contributed by atoms with van der Waals surface area (Å²) in [7, 11) is -4.84. The Labute approximate surface area is 214 Å². The van der Waals surface area contributed by atoms with Crippen LogP contribution in [0.5, 0.6) is 0 Å². The second-order valence-corrected chi connectivity index (χ2v) is 10.7. The van der Waals surface area contributed by atoms with Gasteiger partial charge in [0, 0.05) is 18.7 Å². The summed E-state index contributed by atoms with van der Waals surface area (Å²) in [4.78, 5) is 22.1. The van der Waals surface area contributed by atoms with Crippen LogP contribution in [-0.4, -0.2) is 73.9 Å². The normalized spacial score (nSPS) is 12.3. The van der Waals surface area contributed by atoms with Gasteiger partial charge < -0.3 is 25.4 Å². The molecular weight excluding hydrogens is 468 g/mol. The highest BCUT2D eigenvalue weighted by Crippen LogP contribution is 2.16. The van der Waals surface area contributed by atoms with Crippen molar-refractivity contribution in [2.75, 3.05) is 39.3 Å². The first-order valence-electron chi connectivity index (χ1n) is 13.2. The van der Waals surface area contributed by atoms with E-state index in [-0.39, 0.29) is 19.0 Å². The van der Waals surface area contributed by atoms with Crippen LogP contribution in [0.4, 0.5) is 0 Å². The average molecular weight is 521 g/mol. The highest BCUT2D eigenvalue weighted by atomic mass is 32.2. The molecule has 0 aliphatic rings. The first-order chi connectivity index (χ1) is 16.4. The lowest BCUT2D eigenvalue weighted by Crippen LogP contribution is -2.50. The van der Waals surface area contributed by atoms with Crippen molar-refractivity contribution in [3.8, 4) is 0 Å². The Hall–Kier alpha value is -1.49. The zero-order chi connectivity index (χ0) is 27.3. The summed E-state index contributed by atoms with van der Waals surface area (Å²) in [6, 6.07) is 0. The van der Waals surface area contributed by atoms with Crippen LogP contribution >= 0.6 is 0 Å². The summed E-state index contributed by atoms with van der Waals surface area (Å²) < 4.78 is 32.7. The predicted molar refractivity (Wildman–Crippen MR) is 142 cm³/mol. The van der Waals surface area contributed by atoms with E-state index in [4.69, 9.17) is 5.73 Å². The maximum atomic E-state index is 11.1. The SMILES string of the molecule is C=C(C)C(=O)NCCCNC(=O)C(N)S(=O)(=O)[O-].CCCC[N+](CCCC)(CCCC)CCCC. The molecule has 10 heteroatoms. The molecule has 4 N–H and O–H groups in total. The van der Waals surface area contributed by atoms with Crippen molar-refractivity contribution in [2.24, 2.45) is 5.73 Å². The van der Waals surface area contributed by atoms with Gasteiger partial charge in [0.05, 0.1) is 26.2 Å². The van der Waals surface area contributed by atoms with Crippen LogP contribution in [0.25, 0.3) is 0 Å². The first kappa shape index (κ1) is 35.7. The van der Waals surface area contributed by atoms with Crippen LogP contribution in [0.1, 0.15) is 92.4 Å². The van der Waals surface area contributed by atoms with E-state index in [1.807, 2.05) is 0 Å². The maximum Gasteiger partial charge on any atom is 0.251 e. The summed E-state index contributed by atoms with van der Waals surface area (Å²) in [5, 5.41) is 2.58. The molecule has 0 aliphatic carbocycles. The minimum atomic E-state index is -4.84. The van der Waals surface area contributed by atoms with Gasteiger partial charge in [-0.3, -0.25) is 9.59 Å². The number of amides is 2. The van der Waals surface area contributed by atoms with Gasteiger partial charge in [0.2, 0.25) is 5.91 Å². The maximum absolute atomic E-state index is 11.1. The Morgan fingerprint density at radius 2 is 1.20 bits per heavy atom. The van der Waals surface area contributed by atoms with Gasteiger partial charge in [-0.15, -0.1) is 0 Å². The van der Waals surface area contributed by atoms with Crippen LogP contribution < -0.4 is 16.4 Å². The van der Waals surface area contributed by atoms with E-state index in [9.17, 15) is 22.6 Å². The molecule has 1 atom stereocenters. The summed E-state index contributed by atoms with van der Waals surface area (Å²) in [5.74, 6) is -1.36. The average Bonchev–Trinajstić information content (AvgIpc) is 2.81. The number of carbonyl (C=O) groups excluding carboxylic acids is 2. The third-order valence-electron chi connectivity index (χ3n) is 5.84. The first-order valence-corrected chi connectivity index (χ1v) is 14.6. The third-order valence-corrected chi connectivity index (χ3v) is 6.68. The third kappa shape index (κ3) is 18.4. The van der Waals surface area contributed by atoms with Crippen molar-refractivity contribution >= 4 is 21.9 Å². The number of nitrogens with two attached hydrogens (primary N) is 1. The molecule has 0 radical (unpaired) electrons. The molecule has 208 valence electrons. The number of hydrogen-bond donors (Lipinski definition) is 3. The molecule has 0 aromatic heterocycles. The molecule has 0 fully saturated rings. The molecule has 0 saturated carbocycles. The summed E-state index contributed by atoms with van der Waals surface area (Å²) in [6.45, 7) is 20.4. The molecule has 0 aromatic rings. The smallest absolute Gasteiger partial charge is 0.251 e. The van der Waals surface area contributed by atoms with Crippen LogP contribution in [0.15, 0.2) is 12.2 Å². The van der Waals surface area contributed by atoms with Crippen molar-refractivity contribution in [3.05, 3.63) is 12.2 Å². The van der Waals surface area contributed by atoms with E-state index < -0.39 is 21.4 Å². The van der Waals surface area contributed by atoms with Gasteiger partial charge in [-0.2, -0.15) is 0 Å². The second-order valence-electron chi connectivity index (χ2n) is 9.24. The molecule has 9 nitrogen and oxygen atoms in total. The van der Waals surface area contributed by atoms with Gasteiger partial charge in [-0.05, 0) is 39.0 Å². The fraction of sp³-hybridized carbons (Fsp3) is 0.840. The minimum absolute atomic E-state index is 0.0958. The Morgan fingerprint density at radius 3 is 1.51 bits per heavy atom. The number of nitrogens with zero attached hydrogens (tertiary/aromatic N) is 1. The summed E-state index contributed by atoms with van der Waals surface area (Å²) >= 11 is 0. The second kappa shape index (κ2) is 20.7. The van der Waals surface area contributed by atoms with E-state index in [0.717, 1.165) is 0 Å². The Bertz CT molecular complexity index is 660. The number of carbonyl (C=O) groups is 2. The Kier molecular flexibility index (Phi) is 21.1. The van der Waals surface area contributed by atoms with Crippen LogP contribution in [0, 0.1) is 0 Å². The number of unbranched alkanes of at least 4 members (excludes halogenated alkanes) is 4. The topological polar surface area (TPSA) is 141 Å². The van der Waals surface area contributed by atoms with Crippen LogP contribution in [0.3, 0.4) is 0 Å². The molecule has 0 spiro atoms. The molecule has 0 saturated heterocycles. The molecule has 1 unspecified atom stereocenters. The number of rotatable bonds is 19. The monoisotopic (exact) mass is 520 g/mol. The highest BCUT2D eigenvalue weighted by molar-refractivity contribution is 7.87. The molecule has 35 heavy (non-hydrogen) atoms.